The van der Waals surface area contributed by atoms with Crippen LogP contribution in [0.4, 0.5) is 0 Å². The quantitative estimate of drug-likeness (QED) is 0.639. The number of benzene rings is 2. The van der Waals surface area contributed by atoms with Crippen molar-refractivity contribution < 1.29 is 27.7 Å². The molecule has 0 saturated carbocycles. The highest BCUT2D eigenvalue weighted by atomic mass is 32.2. The third-order valence-corrected chi connectivity index (χ3v) is 8.65. The summed E-state index contributed by atoms with van der Waals surface area (Å²) in [6.07, 6.45) is 2.57. The molecule has 2 aromatic carbocycles. The van der Waals surface area contributed by atoms with E-state index in [2.05, 4.69) is 23.1 Å². The van der Waals surface area contributed by atoms with Crippen molar-refractivity contribution in [3.8, 4) is 11.5 Å². The first-order valence-corrected chi connectivity index (χ1v) is 13.4. The Balaban J connectivity index is 1.11. The second-order valence-electron chi connectivity index (χ2n) is 9.08. The fraction of sp³-hybridized carbons (Fsp3) is 0.520. The molecule has 0 aromatic heterocycles. The Morgan fingerprint density at radius 2 is 1.79 bits per heavy atom. The Hall–Kier alpha value is -2.17. The minimum absolute atomic E-state index is 0.0348. The van der Waals surface area contributed by atoms with Gasteiger partial charge >= 0.3 is 0 Å². The first kappa shape index (κ1) is 23.6. The van der Waals surface area contributed by atoms with E-state index in [1.165, 1.54) is 15.4 Å². The summed E-state index contributed by atoms with van der Waals surface area (Å²) in [6, 6.07) is 13.1. The van der Waals surface area contributed by atoms with E-state index >= 15 is 0 Å². The zero-order chi connectivity index (χ0) is 23.5. The monoisotopic (exact) mass is 488 g/mol. The van der Waals surface area contributed by atoms with Crippen molar-refractivity contribution in [2.24, 2.45) is 0 Å². The smallest absolute Gasteiger partial charge is 0.243 e. The second-order valence-corrected chi connectivity index (χ2v) is 11.0. The Kier molecular flexibility index (Phi) is 7.08. The molecule has 2 aliphatic heterocycles. The Morgan fingerprint density at radius 1 is 1.03 bits per heavy atom. The highest BCUT2D eigenvalue weighted by molar-refractivity contribution is 7.89. The molecule has 0 radical (unpaired) electrons. The maximum absolute atomic E-state index is 13.1. The number of aliphatic hydroxyl groups is 1. The van der Waals surface area contributed by atoms with E-state index in [4.69, 9.17) is 14.2 Å². The molecule has 1 aliphatic carbocycles. The molecule has 34 heavy (non-hydrogen) atoms. The third-order valence-electron chi connectivity index (χ3n) is 6.76. The molecule has 0 amide bonds. The summed E-state index contributed by atoms with van der Waals surface area (Å²) in [5.74, 6) is 1.04. The average molecular weight is 489 g/mol. The number of rotatable bonds is 7. The summed E-state index contributed by atoms with van der Waals surface area (Å²) in [4.78, 5) is 2.31. The van der Waals surface area contributed by atoms with Crippen molar-refractivity contribution in [3.05, 3.63) is 53.6 Å². The van der Waals surface area contributed by atoms with Crippen LogP contribution < -0.4 is 9.47 Å². The van der Waals surface area contributed by atoms with E-state index in [0.717, 1.165) is 19.3 Å². The molecule has 9 heteroatoms. The number of hydrogen-bond acceptors (Lipinski definition) is 7. The lowest BCUT2D eigenvalue weighted by molar-refractivity contribution is -0.0304. The summed E-state index contributed by atoms with van der Waals surface area (Å²) in [5, 5.41) is 10.6. The van der Waals surface area contributed by atoms with Crippen molar-refractivity contribution >= 4 is 10.0 Å². The number of piperazine rings is 1. The molecule has 2 unspecified atom stereocenters. The van der Waals surface area contributed by atoms with Gasteiger partial charge in [0.05, 0.1) is 23.7 Å². The van der Waals surface area contributed by atoms with Gasteiger partial charge in [-0.25, -0.2) is 8.42 Å². The SMILES string of the molecule is O=S(=O)(c1ccc2c(c1)OCCO2)N1CCN(CC(O)COC2CCCc3ccccc32)CC1. The summed E-state index contributed by atoms with van der Waals surface area (Å²) >= 11 is 0. The maximum atomic E-state index is 13.1. The standard InChI is InChI=1S/C25H32N2O6S/c28-20(18-33-23-7-3-5-19-4-1-2-6-22(19)23)17-26-10-12-27(13-11-26)34(29,30)21-8-9-24-25(16-21)32-15-14-31-24/h1-2,4,6,8-9,16,20,23,28H,3,5,7,10-15,17-18H2. The van der Waals surface area contributed by atoms with Gasteiger partial charge in [0, 0.05) is 38.8 Å². The highest BCUT2D eigenvalue weighted by Gasteiger charge is 2.30. The Labute approximate surface area is 201 Å². The number of fused-ring (bicyclic) bond motifs is 2. The van der Waals surface area contributed by atoms with Crippen LogP contribution in [0.15, 0.2) is 47.4 Å². The molecule has 0 bridgehead atoms. The van der Waals surface area contributed by atoms with E-state index < -0.39 is 16.1 Å². The molecular formula is C25H32N2O6S. The van der Waals surface area contributed by atoms with Crippen molar-refractivity contribution in [1.29, 1.82) is 0 Å². The summed E-state index contributed by atoms with van der Waals surface area (Å²) < 4.78 is 44.9. The molecule has 1 fully saturated rings. The lowest BCUT2D eigenvalue weighted by Gasteiger charge is -2.35. The van der Waals surface area contributed by atoms with Gasteiger partial charge in [-0.2, -0.15) is 4.31 Å². The van der Waals surface area contributed by atoms with Crippen LogP contribution in [0.5, 0.6) is 11.5 Å². The number of aliphatic hydroxyl groups excluding tert-OH is 1. The van der Waals surface area contributed by atoms with Gasteiger partial charge < -0.3 is 19.3 Å². The lowest BCUT2D eigenvalue weighted by Crippen LogP contribution is -2.50. The molecule has 5 rings (SSSR count). The van der Waals surface area contributed by atoms with Gasteiger partial charge in [-0.1, -0.05) is 24.3 Å². The summed E-state index contributed by atoms with van der Waals surface area (Å²) in [6.45, 7) is 3.49. The Bertz CT molecular complexity index is 1100. The van der Waals surface area contributed by atoms with Crippen LogP contribution in [0.2, 0.25) is 0 Å². The lowest BCUT2D eigenvalue weighted by atomic mass is 9.89. The number of nitrogens with zero attached hydrogens (tertiary/aromatic N) is 2. The molecule has 1 saturated heterocycles. The van der Waals surface area contributed by atoms with E-state index in [1.54, 1.807) is 18.2 Å². The number of ether oxygens (including phenoxy) is 3. The van der Waals surface area contributed by atoms with Crippen LogP contribution in [0.3, 0.4) is 0 Å². The first-order valence-electron chi connectivity index (χ1n) is 12.0. The highest BCUT2D eigenvalue weighted by Crippen LogP contribution is 2.34. The first-order chi connectivity index (χ1) is 16.5. The molecular weight excluding hydrogens is 456 g/mol. The second kappa shape index (κ2) is 10.2. The normalized spacial score (nSPS) is 22.2. The van der Waals surface area contributed by atoms with E-state index in [0.29, 0.717) is 57.4 Å². The number of hydrogen-bond donors (Lipinski definition) is 1. The van der Waals surface area contributed by atoms with Crippen molar-refractivity contribution in [1.82, 2.24) is 9.21 Å². The van der Waals surface area contributed by atoms with Gasteiger partial charge in [0.2, 0.25) is 10.0 Å². The zero-order valence-electron chi connectivity index (χ0n) is 19.3. The van der Waals surface area contributed by atoms with Crippen molar-refractivity contribution in [3.63, 3.8) is 0 Å². The molecule has 184 valence electrons. The van der Waals surface area contributed by atoms with Gasteiger partial charge in [-0.05, 0) is 42.5 Å². The minimum Gasteiger partial charge on any atom is -0.486 e. The predicted molar refractivity (Wildman–Crippen MR) is 127 cm³/mol. The van der Waals surface area contributed by atoms with Crippen LogP contribution in [0.1, 0.15) is 30.1 Å². The molecule has 1 N–H and O–H groups in total. The van der Waals surface area contributed by atoms with Crippen LogP contribution in [-0.4, -0.2) is 81.4 Å². The van der Waals surface area contributed by atoms with Crippen LogP contribution in [0, 0.1) is 0 Å². The van der Waals surface area contributed by atoms with Crippen molar-refractivity contribution in [2.45, 2.75) is 36.4 Å². The van der Waals surface area contributed by atoms with E-state index in [9.17, 15) is 13.5 Å². The van der Waals surface area contributed by atoms with Crippen LogP contribution in [0.25, 0.3) is 0 Å². The average Bonchev–Trinajstić information content (AvgIpc) is 2.87. The minimum atomic E-state index is -3.62. The van der Waals surface area contributed by atoms with Gasteiger partial charge in [-0.3, -0.25) is 4.90 Å². The number of aryl methyl sites for hydroxylation is 1. The summed E-state index contributed by atoms with van der Waals surface area (Å²) in [5.41, 5.74) is 2.57. The molecule has 8 nitrogen and oxygen atoms in total. The van der Waals surface area contributed by atoms with Crippen molar-refractivity contribution in [2.75, 3.05) is 52.5 Å². The molecule has 0 spiro atoms. The summed E-state index contributed by atoms with van der Waals surface area (Å²) in [7, 11) is -3.62. The zero-order valence-corrected chi connectivity index (χ0v) is 20.1. The molecule has 2 atom stereocenters. The largest absolute Gasteiger partial charge is 0.486 e. The topological polar surface area (TPSA) is 88.5 Å². The molecule has 2 heterocycles. The predicted octanol–water partition coefficient (Wildman–Crippen LogP) is 2.22. The fourth-order valence-corrected chi connectivity index (χ4v) is 6.38. The number of sulfonamides is 1. The fourth-order valence-electron chi connectivity index (χ4n) is 4.95. The van der Waals surface area contributed by atoms with Gasteiger partial charge in [0.25, 0.3) is 0 Å². The molecule has 2 aromatic rings. The van der Waals surface area contributed by atoms with Gasteiger partial charge in [0.1, 0.15) is 13.2 Å². The van der Waals surface area contributed by atoms with Gasteiger partial charge in [0.15, 0.2) is 11.5 Å². The van der Waals surface area contributed by atoms with Gasteiger partial charge in [-0.15, -0.1) is 0 Å². The van der Waals surface area contributed by atoms with E-state index in [1.807, 2.05) is 6.07 Å². The maximum Gasteiger partial charge on any atom is 0.243 e. The van der Waals surface area contributed by atoms with Crippen LogP contribution >= 0.6 is 0 Å². The number of β-amino-alcohol motifs (C(OH)–C–C–N with tert-alkyl or cyclic N) is 1. The van der Waals surface area contributed by atoms with Crippen LogP contribution in [-0.2, 0) is 21.2 Å². The third kappa shape index (κ3) is 5.08. The van der Waals surface area contributed by atoms with E-state index in [-0.39, 0.29) is 17.6 Å². The molecule has 3 aliphatic rings. The Morgan fingerprint density at radius 3 is 2.62 bits per heavy atom.